The molecule has 0 atom stereocenters. The molecule has 0 aliphatic heterocycles. The number of aromatic nitrogens is 3. The van der Waals surface area contributed by atoms with Gasteiger partial charge in [-0.25, -0.2) is 8.78 Å². The number of halogens is 2. The lowest BCUT2D eigenvalue weighted by molar-refractivity contribution is -0.137. The SMILES string of the molecule is CNC1(c2c[nH]nn2)CC(F)(F)C1. The van der Waals surface area contributed by atoms with Crippen molar-refractivity contribution in [2.75, 3.05) is 7.05 Å². The molecule has 0 saturated heterocycles. The van der Waals surface area contributed by atoms with Gasteiger partial charge in [0.1, 0.15) is 5.69 Å². The van der Waals surface area contributed by atoms with Gasteiger partial charge in [-0.05, 0) is 7.05 Å². The highest BCUT2D eigenvalue weighted by Crippen LogP contribution is 2.50. The minimum absolute atomic E-state index is 0.205. The summed E-state index contributed by atoms with van der Waals surface area (Å²) in [5, 5.41) is 12.6. The second-order valence-electron chi connectivity index (χ2n) is 3.40. The van der Waals surface area contributed by atoms with Crippen molar-refractivity contribution in [3.8, 4) is 0 Å². The lowest BCUT2D eigenvalue weighted by atomic mass is 9.71. The van der Waals surface area contributed by atoms with E-state index in [-0.39, 0.29) is 12.8 Å². The molecule has 1 heterocycles. The Hall–Kier alpha value is -1.04. The summed E-state index contributed by atoms with van der Waals surface area (Å²) in [5.41, 5.74) is -0.128. The predicted octanol–water partition coefficient (Wildman–Crippen LogP) is 0.648. The van der Waals surface area contributed by atoms with Gasteiger partial charge >= 0.3 is 0 Å². The zero-order chi connectivity index (χ0) is 9.53. The van der Waals surface area contributed by atoms with Crippen molar-refractivity contribution in [1.82, 2.24) is 20.7 Å². The lowest BCUT2D eigenvalue weighted by Gasteiger charge is -2.45. The van der Waals surface area contributed by atoms with Crippen LogP contribution in [0.15, 0.2) is 6.20 Å². The fourth-order valence-electron chi connectivity index (χ4n) is 1.75. The summed E-state index contributed by atoms with van der Waals surface area (Å²) in [7, 11) is 1.66. The van der Waals surface area contributed by atoms with E-state index in [1.54, 1.807) is 13.2 Å². The molecule has 0 spiro atoms. The Morgan fingerprint density at radius 2 is 2.23 bits per heavy atom. The summed E-state index contributed by atoms with van der Waals surface area (Å²) in [6.45, 7) is 0. The number of hydrogen-bond acceptors (Lipinski definition) is 3. The van der Waals surface area contributed by atoms with Gasteiger partial charge in [-0.15, -0.1) is 5.10 Å². The van der Waals surface area contributed by atoms with Crippen LogP contribution in [0.5, 0.6) is 0 Å². The second-order valence-corrected chi connectivity index (χ2v) is 3.40. The van der Waals surface area contributed by atoms with E-state index >= 15 is 0 Å². The Balaban J connectivity index is 2.21. The Bertz CT molecular complexity index is 287. The number of aromatic amines is 1. The quantitative estimate of drug-likeness (QED) is 0.716. The van der Waals surface area contributed by atoms with Crippen molar-refractivity contribution in [2.24, 2.45) is 0 Å². The molecule has 0 amide bonds. The largest absolute Gasteiger partial charge is 0.309 e. The molecule has 0 unspecified atom stereocenters. The van der Waals surface area contributed by atoms with Crippen LogP contribution in [-0.2, 0) is 5.54 Å². The second kappa shape index (κ2) is 2.47. The fraction of sp³-hybridized carbons (Fsp3) is 0.714. The average Bonchev–Trinajstić information content (AvgIpc) is 2.51. The smallest absolute Gasteiger partial charge is 0.252 e. The van der Waals surface area contributed by atoms with E-state index in [0.717, 1.165) is 0 Å². The van der Waals surface area contributed by atoms with Crippen LogP contribution in [-0.4, -0.2) is 28.4 Å². The number of H-pyrrole nitrogens is 1. The third kappa shape index (κ3) is 1.21. The lowest BCUT2D eigenvalue weighted by Crippen LogP contribution is -2.57. The van der Waals surface area contributed by atoms with E-state index in [1.165, 1.54) is 0 Å². The molecule has 2 N–H and O–H groups in total. The van der Waals surface area contributed by atoms with Gasteiger partial charge in [0.2, 0.25) is 0 Å². The first-order chi connectivity index (χ1) is 6.08. The molecule has 2 rings (SSSR count). The standard InChI is InChI=1S/C7H10F2N4/c1-10-6(3-7(8,9)4-6)5-2-11-13-12-5/h2,10H,3-4H2,1H3,(H,11,12,13). The van der Waals surface area contributed by atoms with Crippen molar-refractivity contribution in [3.05, 3.63) is 11.9 Å². The van der Waals surface area contributed by atoms with Crippen LogP contribution in [0.4, 0.5) is 8.78 Å². The monoisotopic (exact) mass is 188 g/mol. The number of rotatable bonds is 2. The Morgan fingerprint density at radius 1 is 1.54 bits per heavy atom. The van der Waals surface area contributed by atoms with Gasteiger partial charge in [-0.3, -0.25) is 5.10 Å². The topological polar surface area (TPSA) is 53.6 Å². The van der Waals surface area contributed by atoms with Crippen LogP contribution >= 0.6 is 0 Å². The Morgan fingerprint density at radius 3 is 2.62 bits per heavy atom. The van der Waals surface area contributed by atoms with E-state index in [9.17, 15) is 8.78 Å². The van der Waals surface area contributed by atoms with Gasteiger partial charge in [-0.2, -0.15) is 0 Å². The summed E-state index contributed by atoms with van der Waals surface area (Å²) in [4.78, 5) is 0. The Kier molecular flexibility index (Phi) is 1.63. The first kappa shape index (κ1) is 8.55. The summed E-state index contributed by atoms with van der Waals surface area (Å²) in [6, 6.07) is 0. The maximum Gasteiger partial charge on any atom is 0.252 e. The molecule has 1 aliphatic rings. The minimum atomic E-state index is -2.57. The van der Waals surface area contributed by atoms with Gasteiger partial charge < -0.3 is 5.32 Å². The van der Waals surface area contributed by atoms with Crippen LogP contribution in [0, 0.1) is 0 Å². The summed E-state index contributed by atoms with van der Waals surface area (Å²) in [5.74, 6) is -2.57. The minimum Gasteiger partial charge on any atom is -0.309 e. The molecule has 72 valence electrons. The predicted molar refractivity (Wildman–Crippen MR) is 41.3 cm³/mol. The van der Waals surface area contributed by atoms with Gasteiger partial charge in [0.25, 0.3) is 5.92 Å². The molecule has 1 aromatic rings. The fourth-order valence-corrected chi connectivity index (χ4v) is 1.75. The summed E-state index contributed by atoms with van der Waals surface area (Å²) < 4.78 is 25.4. The van der Waals surface area contributed by atoms with Crippen LogP contribution < -0.4 is 5.32 Å². The van der Waals surface area contributed by atoms with Crippen molar-refractivity contribution in [2.45, 2.75) is 24.3 Å². The van der Waals surface area contributed by atoms with Crippen molar-refractivity contribution in [3.63, 3.8) is 0 Å². The van der Waals surface area contributed by atoms with Gasteiger partial charge in [0.15, 0.2) is 0 Å². The van der Waals surface area contributed by atoms with Crippen LogP contribution in [0.3, 0.4) is 0 Å². The maximum absolute atomic E-state index is 12.7. The maximum atomic E-state index is 12.7. The van der Waals surface area contributed by atoms with Crippen LogP contribution in [0.2, 0.25) is 0 Å². The number of hydrogen-bond donors (Lipinski definition) is 2. The number of alkyl halides is 2. The zero-order valence-electron chi connectivity index (χ0n) is 7.14. The molecule has 1 aromatic heterocycles. The first-order valence-corrected chi connectivity index (χ1v) is 4.02. The van der Waals surface area contributed by atoms with E-state index in [1.807, 2.05) is 0 Å². The van der Waals surface area contributed by atoms with Gasteiger partial charge in [-0.1, -0.05) is 5.21 Å². The number of nitrogens with one attached hydrogen (secondary N) is 2. The normalized spacial score (nSPS) is 23.9. The molecule has 4 nitrogen and oxygen atoms in total. The van der Waals surface area contributed by atoms with E-state index < -0.39 is 11.5 Å². The summed E-state index contributed by atoms with van der Waals surface area (Å²) >= 11 is 0. The zero-order valence-corrected chi connectivity index (χ0v) is 7.14. The molecule has 0 radical (unpaired) electrons. The van der Waals surface area contributed by atoms with Gasteiger partial charge in [0.05, 0.1) is 5.54 Å². The van der Waals surface area contributed by atoms with Gasteiger partial charge in [0, 0.05) is 19.0 Å². The van der Waals surface area contributed by atoms with Crippen LogP contribution in [0.1, 0.15) is 18.5 Å². The molecule has 0 aromatic carbocycles. The molecule has 1 aliphatic carbocycles. The molecule has 0 bridgehead atoms. The molecule has 1 fully saturated rings. The number of nitrogens with zero attached hydrogens (tertiary/aromatic N) is 2. The Labute approximate surface area is 73.7 Å². The third-order valence-electron chi connectivity index (χ3n) is 2.51. The highest BCUT2D eigenvalue weighted by molar-refractivity contribution is 5.19. The van der Waals surface area contributed by atoms with E-state index in [0.29, 0.717) is 5.69 Å². The highest BCUT2D eigenvalue weighted by atomic mass is 19.3. The van der Waals surface area contributed by atoms with E-state index in [2.05, 4.69) is 20.7 Å². The van der Waals surface area contributed by atoms with Crippen molar-refractivity contribution < 1.29 is 8.78 Å². The summed E-state index contributed by atoms with van der Waals surface area (Å²) in [6.07, 6.45) is 1.14. The first-order valence-electron chi connectivity index (χ1n) is 4.02. The molecule has 6 heteroatoms. The average molecular weight is 188 g/mol. The molecule has 13 heavy (non-hydrogen) atoms. The van der Waals surface area contributed by atoms with Crippen molar-refractivity contribution in [1.29, 1.82) is 0 Å². The van der Waals surface area contributed by atoms with Crippen molar-refractivity contribution >= 4 is 0 Å². The molecular formula is C7H10F2N4. The third-order valence-corrected chi connectivity index (χ3v) is 2.51. The van der Waals surface area contributed by atoms with E-state index in [4.69, 9.17) is 0 Å². The van der Waals surface area contributed by atoms with Crippen LogP contribution in [0.25, 0.3) is 0 Å². The molecular weight excluding hydrogens is 178 g/mol. The highest BCUT2D eigenvalue weighted by Gasteiger charge is 2.57. The molecule has 1 saturated carbocycles.